The van der Waals surface area contributed by atoms with Gasteiger partial charge in [0.15, 0.2) is 0 Å². The van der Waals surface area contributed by atoms with Crippen molar-refractivity contribution in [3.8, 4) is 5.69 Å². The third-order valence-electron chi connectivity index (χ3n) is 3.25. The lowest BCUT2D eigenvalue weighted by Crippen LogP contribution is -2.35. The molecule has 0 unspecified atom stereocenters. The predicted molar refractivity (Wildman–Crippen MR) is 77.4 cm³/mol. The Kier molecular flexibility index (Phi) is 3.78. The van der Waals surface area contributed by atoms with E-state index < -0.39 is 0 Å². The van der Waals surface area contributed by atoms with Crippen LogP contribution in [0, 0.1) is 0 Å². The first-order chi connectivity index (χ1) is 8.60. The standard InChI is InChI=1S/C14H19N3S/c1-14(2,15-3)13-9-16-10-17(13)11-7-5-6-8-12(11)18-4/h5-10,15H,1-4H3. The van der Waals surface area contributed by atoms with E-state index in [1.54, 1.807) is 11.8 Å². The molecule has 0 bridgehead atoms. The Bertz CT molecular complexity index is 531. The van der Waals surface area contributed by atoms with E-state index in [4.69, 9.17) is 0 Å². The van der Waals surface area contributed by atoms with E-state index in [0.29, 0.717) is 0 Å². The number of thioether (sulfide) groups is 1. The van der Waals surface area contributed by atoms with E-state index in [0.717, 1.165) is 5.69 Å². The fourth-order valence-corrected chi connectivity index (χ4v) is 2.50. The molecule has 0 aliphatic heterocycles. The molecule has 0 aliphatic rings. The van der Waals surface area contributed by atoms with E-state index in [-0.39, 0.29) is 5.54 Å². The molecular weight excluding hydrogens is 242 g/mol. The van der Waals surface area contributed by atoms with Crippen LogP contribution in [0.15, 0.2) is 41.7 Å². The Morgan fingerprint density at radius 2 is 2.00 bits per heavy atom. The normalized spacial score (nSPS) is 11.8. The summed E-state index contributed by atoms with van der Waals surface area (Å²) >= 11 is 1.75. The molecule has 2 rings (SSSR count). The highest BCUT2D eigenvalue weighted by atomic mass is 32.2. The molecule has 0 saturated carbocycles. The molecule has 0 aliphatic carbocycles. The molecule has 0 radical (unpaired) electrons. The highest BCUT2D eigenvalue weighted by molar-refractivity contribution is 7.98. The fourth-order valence-electron chi connectivity index (χ4n) is 1.91. The molecule has 96 valence electrons. The Hall–Kier alpha value is -1.26. The van der Waals surface area contributed by atoms with Crippen LogP contribution in [0.4, 0.5) is 0 Å². The van der Waals surface area contributed by atoms with Gasteiger partial charge in [-0.1, -0.05) is 12.1 Å². The lowest BCUT2D eigenvalue weighted by atomic mass is 10.0. The summed E-state index contributed by atoms with van der Waals surface area (Å²) in [6.45, 7) is 4.31. The summed E-state index contributed by atoms with van der Waals surface area (Å²) in [6.07, 6.45) is 5.90. The summed E-state index contributed by atoms with van der Waals surface area (Å²) in [4.78, 5) is 5.56. The summed E-state index contributed by atoms with van der Waals surface area (Å²) in [7, 11) is 1.97. The molecule has 1 N–H and O–H groups in total. The number of hydrogen-bond acceptors (Lipinski definition) is 3. The largest absolute Gasteiger partial charge is 0.310 e. The van der Waals surface area contributed by atoms with Gasteiger partial charge in [-0.25, -0.2) is 4.98 Å². The maximum atomic E-state index is 4.30. The SMILES string of the molecule is CNC(C)(C)c1cncn1-c1ccccc1SC. The minimum Gasteiger partial charge on any atom is -0.310 e. The van der Waals surface area contributed by atoms with Crippen LogP contribution in [0.1, 0.15) is 19.5 Å². The van der Waals surface area contributed by atoms with Gasteiger partial charge in [0.2, 0.25) is 0 Å². The maximum absolute atomic E-state index is 4.30. The van der Waals surface area contributed by atoms with Gasteiger partial charge in [0.25, 0.3) is 0 Å². The van der Waals surface area contributed by atoms with Crippen LogP contribution in [0.3, 0.4) is 0 Å². The molecule has 0 atom stereocenters. The molecule has 0 saturated heterocycles. The first-order valence-corrected chi connectivity index (χ1v) is 7.17. The highest BCUT2D eigenvalue weighted by Gasteiger charge is 2.23. The van der Waals surface area contributed by atoms with Crippen LogP contribution in [-0.4, -0.2) is 22.9 Å². The summed E-state index contributed by atoms with van der Waals surface area (Å²) in [5.41, 5.74) is 2.23. The molecule has 2 aromatic rings. The van der Waals surface area contributed by atoms with Gasteiger partial charge in [-0.05, 0) is 39.3 Å². The average molecular weight is 261 g/mol. The average Bonchev–Trinajstić information content (AvgIpc) is 2.88. The Balaban J connectivity index is 2.56. The van der Waals surface area contributed by atoms with Gasteiger partial charge in [0.1, 0.15) is 0 Å². The van der Waals surface area contributed by atoms with E-state index >= 15 is 0 Å². The van der Waals surface area contributed by atoms with Crippen molar-refractivity contribution in [2.75, 3.05) is 13.3 Å². The first kappa shape index (κ1) is 13.2. The van der Waals surface area contributed by atoms with E-state index in [2.05, 4.69) is 59.2 Å². The number of imidazole rings is 1. The summed E-state index contributed by atoms with van der Waals surface area (Å²) in [5.74, 6) is 0. The number of hydrogen-bond donors (Lipinski definition) is 1. The van der Waals surface area contributed by atoms with Gasteiger partial charge in [0, 0.05) is 4.90 Å². The van der Waals surface area contributed by atoms with Gasteiger partial charge in [-0.3, -0.25) is 0 Å². The van der Waals surface area contributed by atoms with Gasteiger partial charge in [0.05, 0.1) is 29.4 Å². The molecular formula is C14H19N3S. The molecule has 3 nitrogen and oxygen atoms in total. The zero-order chi connectivity index (χ0) is 13.2. The van der Waals surface area contributed by atoms with Crippen LogP contribution in [0.2, 0.25) is 0 Å². The molecule has 1 heterocycles. The minimum absolute atomic E-state index is 0.109. The van der Waals surface area contributed by atoms with Crippen molar-refractivity contribution in [2.45, 2.75) is 24.3 Å². The fraction of sp³-hybridized carbons (Fsp3) is 0.357. The first-order valence-electron chi connectivity index (χ1n) is 5.95. The number of nitrogens with one attached hydrogen (secondary N) is 1. The molecule has 0 spiro atoms. The van der Waals surface area contributed by atoms with Crippen LogP contribution < -0.4 is 5.32 Å². The highest BCUT2D eigenvalue weighted by Crippen LogP contribution is 2.28. The van der Waals surface area contributed by atoms with Crippen LogP contribution in [0.25, 0.3) is 5.69 Å². The maximum Gasteiger partial charge on any atom is 0.0995 e. The van der Waals surface area contributed by atoms with Crippen molar-refractivity contribution in [3.63, 3.8) is 0 Å². The number of benzene rings is 1. The van der Waals surface area contributed by atoms with E-state index in [1.165, 1.54) is 10.6 Å². The van der Waals surface area contributed by atoms with E-state index in [1.807, 2.05) is 19.6 Å². The molecule has 4 heteroatoms. The van der Waals surface area contributed by atoms with Crippen molar-refractivity contribution in [1.29, 1.82) is 0 Å². The molecule has 1 aromatic carbocycles. The van der Waals surface area contributed by atoms with E-state index in [9.17, 15) is 0 Å². The second kappa shape index (κ2) is 5.16. The number of para-hydroxylation sites is 1. The number of aromatic nitrogens is 2. The van der Waals surface area contributed by atoms with Crippen LogP contribution in [-0.2, 0) is 5.54 Å². The van der Waals surface area contributed by atoms with Crippen molar-refractivity contribution >= 4 is 11.8 Å². The molecule has 1 aromatic heterocycles. The second-order valence-electron chi connectivity index (χ2n) is 4.70. The van der Waals surface area contributed by atoms with Gasteiger partial charge >= 0.3 is 0 Å². The summed E-state index contributed by atoms with van der Waals surface area (Å²) in [6, 6.07) is 8.39. The Morgan fingerprint density at radius 3 is 2.67 bits per heavy atom. The molecule has 0 amide bonds. The number of rotatable bonds is 4. The number of nitrogens with zero attached hydrogens (tertiary/aromatic N) is 2. The summed E-state index contributed by atoms with van der Waals surface area (Å²) in [5, 5.41) is 3.32. The zero-order valence-corrected chi connectivity index (χ0v) is 12.1. The van der Waals surface area contributed by atoms with Gasteiger partial charge < -0.3 is 9.88 Å². The van der Waals surface area contributed by atoms with Crippen molar-refractivity contribution < 1.29 is 0 Å². The third kappa shape index (κ3) is 2.31. The third-order valence-corrected chi connectivity index (χ3v) is 4.03. The van der Waals surface area contributed by atoms with Crippen molar-refractivity contribution in [1.82, 2.24) is 14.9 Å². The van der Waals surface area contributed by atoms with Gasteiger partial charge in [-0.2, -0.15) is 0 Å². The lowest BCUT2D eigenvalue weighted by molar-refractivity contribution is 0.424. The second-order valence-corrected chi connectivity index (χ2v) is 5.54. The minimum atomic E-state index is -0.109. The lowest BCUT2D eigenvalue weighted by Gasteiger charge is -2.26. The Morgan fingerprint density at radius 1 is 1.28 bits per heavy atom. The smallest absolute Gasteiger partial charge is 0.0995 e. The van der Waals surface area contributed by atoms with Crippen LogP contribution >= 0.6 is 11.8 Å². The van der Waals surface area contributed by atoms with Crippen LogP contribution in [0.5, 0.6) is 0 Å². The monoisotopic (exact) mass is 261 g/mol. The molecule has 18 heavy (non-hydrogen) atoms. The predicted octanol–water partition coefficient (Wildman–Crippen LogP) is 3.05. The zero-order valence-electron chi connectivity index (χ0n) is 11.3. The van der Waals surface area contributed by atoms with Crippen molar-refractivity contribution in [3.05, 3.63) is 42.5 Å². The Labute approximate surface area is 113 Å². The summed E-state index contributed by atoms with van der Waals surface area (Å²) < 4.78 is 2.16. The quantitative estimate of drug-likeness (QED) is 0.858. The topological polar surface area (TPSA) is 29.9 Å². The van der Waals surface area contributed by atoms with Gasteiger partial charge in [-0.15, -0.1) is 11.8 Å². The molecule has 0 fully saturated rings. The van der Waals surface area contributed by atoms with Crippen molar-refractivity contribution in [2.24, 2.45) is 0 Å².